The lowest BCUT2D eigenvalue weighted by Crippen LogP contribution is -2.19. The average molecular weight is 317 g/mol. The number of nitrogens with one attached hydrogen (secondary N) is 1. The maximum Gasteiger partial charge on any atom is 0.244 e. The highest BCUT2D eigenvalue weighted by atomic mass is 35.5. The van der Waals surface area contributed by atoms with Crippen LogP contribution in [0.2, 0.25) is 5.02 Å². The number of halogens is 1. The van der Waals surface area contributed by atoms with Crippen molar-refractivity contribution in [2.75, 3.05) is 6.79 Å². The fraction of sp³-hybridized carbons (Fsp3) is 0.125. The zero-order valence-electron chi connectivity index (χ0n) is 11.6. The van der Waals surface area contributed by atoms with Crippen molar-refractivity contribution in [3.63, 3.8) is 0 Å². The quantitative estimate of drug-likeness (QED) is 0.697. The number of amides is 1. The van der Waals surface area contributed by atoms with Crippen LogP contribution in [0.3, 0.4) is 0 Å². The third kappa shape index (κ3) is 3.38. The molecule has 0 radical (unpaired) electrons. The highest BCUT2D eigenvalue weighted by Gasteiger charge is 2.14. The molecule has 5 nitrogen and oxygen atoms in total. The van der Waals surface area contributed by atoms with Crippen LogP contribution in [-0.4, -0.2) is 18.9 Å². The Morgan fingerprint density at radius 2 is 2.05 bits per heavy atom. The van der Waals surface area contributed by atoms with E-state index < -0.39 is 0 Å². The van der Waals surface area contributed by atoms with E-state index >= 15 is 0 Å². The molecule has 0 fully saturated rings. The van der Waals surface area contributed by atoms with Crippen LogP contribution in [0.15, 0.2) is 47.6 Å². The number of hydrazone groups is 1. The lowest BCUT2D eigenvalue weighted by Gasteiger charge is -2.02. The lowest BCUT2D eigenvalue weighted by atomic mass is 10.1. The van der Waals surface area contributed by atoms with Crippen molar-refractivity contribution in [1.29, 1.82) is 0 Å². The van der Waals surface area contributed by atoms with E-state index in [-0.39, 0.29) is 19.1 Å². The lowest BCUT2D eigenvalue weighted by molar-refractivity contribution is -0.120. The van der Waals surface area contributed by atoms with Gasteiger partial charge in [-0.25, -0.2) is 5.43 Å². The van der Waals surface area contributed by atoms with Crippen LogP contribution >= 0.6 is 11.6 Å². The normalized spacial score (nSPS) is 12.6. The number of benzene rings is 2. The fourth-order valence-electron chi connectivity index (χ4n) is 2.03. The summed E-state index contributed by atoms with van der Waals surface area (Å²) in [7, 11) is 0. The van der Waals surface area contributed by atoms with Gasteiger partial charge in [-0.05, 0) is 23.8 Å². The first kappa shape index (κ1) is 14.4. The largest absolute Gasteiger partial charge is 0.454 e. The molecule has 0 saturated carbocycles. The molecule has 1 aliphatic heterocycles. The Labute approximate surface area is 132 Å². The number of fused-ring (bicyclic) bond motifs is 1. The van der Waals surface area contributed by atoms with E-state index in [0.717, 1.165) is 11.1 Å². The summed E-state index contributed by atoms with van der Waals surface area (Å²) in [6.07, 6.45) is 1.72. The van der Waals surface area contributed by atoms with Gasteiger partial charge in [0.25, 0.3) is 0 Å². The molecular formula is C16H13ClN2O3. The first-order valence-electron chi connectivity index (χ1n) is 6.67. The summed E-state index contributed by atoms with van der Waals surface area (Å²) in [5.74, 6) is 1.13. The van der Waals surface area contributed by atoms with Gasteiger partial charge in [0.2, 0.25) is 12.7 Å². The van der Waals surface area contributed by atoms with Crippen LogP contribution in [-0.2, 0) is 11.2 Å². The van der Waals surface area contributed by atoms with Crippen molar-refractivity contribution < 1.29 is 14.3 Å². The molecule has 0 bridgehead atoms. The Bertz CT molecular complexity index is 731. The molecule has 0 aromatic heterocycles. The Hall–Kier alpha value is -2.53. The van der Waals surface area contributed by atoms with Gasteiger partial charge in [-0.15, -0.1) is 0 Å². The summed E-state index contributed by atoms with van der Waals surface area (Å²) in [4.78, 5) is 11.9. The zero-order chi connectivity index (χ0) is 15.4. The minimum absolute atomic E-state index is 0.205. The molecule has 3 rings (SSSR count). The van der Waals surface area contributed by atoms with Gasteiger partial charge in [-0.3, -0.25) is 4.79 Å². The minimum atomic E-state index is -0.220. The molecule has 112 valence electrons. The second-order valence-electron chi connectivity index (χ2n) is 4.68. The van der Waals surface area contributed by atoms with E-state index in [1.807, 2.05) is 24.3 Å². The molecule has 0 spiro atoms. The van der Waals surface area contributed by atoms with Gasteiger partial charge in [0, 0.05) is 10.6 Å². The highest BCUT2D eigenvalue weighted by molar-refractivity contribution is 6.33. The molecule has 1 aliphatic rings. The Morgan fingerprint density at radius 1 is 1.23 bits per heavy atom. The highest BCUT2D eigenvalue weighted by Crippen LogP contribution is 2.32. The molecule has 1 amide bonds. The van der Waals surface area contributed by atoms with E-state index in [9.17, 15) is 4.79 Å². The maximum atomic E-state index is 11.9. The molecular weight excluding hydrogens is 304 g/mol. The Morgan fingerprint density at radius 3 is 2.91 bits per heavy atom. The standard InChI is InChI=1S/C16H13ClN2O3/c17-13-4-2-1-3-12(13)9-18-19-16(20)8-11-5-6-14-15(7-11)22-10-21-14/h1-7,9H,8,10H2,(H,19,20)/b18-9-. The van der Waals surface area contributed by atoms with Crippen LogP contribution in [0, 0.1) is 0 Å². The van der Waals surface area contributed by atoms with Gasteiger partial charge >= 0.3 is 0 Å². The van der Waals surface area contributed by atoms with Gasteiger partial charge < -0.3 is 9.47 Å². The van der Waals surface area contributed by atoms with Crippen LogP contribution in [0.25, 0.3) is 0 Å². The van der Waals surface area contributed by atoms with Crippen molar-refractivity contribution >= 4 is 23.7 Å². The van der Waals surface area contributed by atoms with Crippen molar-refractivity contribution in [2.24, 2.45) is 5.10 Å². The zero-order valence-corrected chi connectivity index (χ0v) is 12.3. The van der Waals surface area contributed by atoms with E-state index in [1.165, 1.54) is 6.21 Å². The number of hydrogen-bond acceptors (Lipinski definition) is 4. The molecule has 0 atom stereocenters. The van der Waals surface area contributed by atoms with Gasteiger partial charge in [0.15, 0.2) is 11.5 Å². The number of rotatable bonds is 4. The topological polar surface area (TPSA) is 59.9 Å². The van der Waals surface area contributed by atoms with Gasteiger partial charge in [0.05, 0.1) is 12.6 Å². The van der Waals surface area contributed by atoms with Crippen molar-refractivity contribution in [3.8, 4) is 11.5 Å². The Balaban J connectivity index is 1.58. The first-order valence-corrected chi connectivity index (χ1v) is 7.05. The van der Waals surface area contributed by atoms with Crippen LogP contribution in [0.4, 0.5) is 0 Å². The van der Waals surface area contributed by atoms with Crippen LogP contribution < -0.4 is 14.9 Å². The Kier molecular flexibility index (Phi) is 4.25. The minimum Gasteiger partial charge on any atom is -0.454 e. The molecule has 22 heavy (non-hydrogen) atoms. The van der Waals surface area contributed by atoms with Gasteiger partial charge in [-0.2, -0.15) is 5.10 Å². The molecule has 0 aliphatic carbocycles. The number of carbonyl (C=O) groups excluding carboxylic acids is 1. The predicted octanol–water partition coefficient (Wildman–Crippen LogP) is 2.76. The monoisotopic (exact) mass is 316 g/mol. The van der Waals surface area contributed by atoms with E-state index in [2.05, 4.69) is 10.5 Å². The molecule has 0 saturated heterocycles. The third-order valence-electron chi connectivity index (χ3n) is 3.10. The molecule has 1 heterocycles. The molecule has 1 N–H and O–H groups in total. The third-order valence-corrected chi connectivity index (χ3v) is 3.44. The summed E-state index contributed by atoms with van der Waals surface area (Å²) in [5, 5.41) is 4.49. The number of carbonyl (C=O) groups is 1. The van der Waals surface area contributed by atoms with Crippen molar-refractivity contribution in [3.05, 3.63) is 58.6 Å². The fourth-order valence-corrected chi connectivity index (χ4v) is 2.21. The molecule has 0 unspecified atom stereocenters. The smallest absolute Gasteiger partial charge is 0.244 e. The average Bonchev–Trinajstić information content (AvgIpc) is 2.97. The van der Waals surface area contributed by atoms with Gasteiger partial charge in [-0.1, -0.05) is 35.9 Å². The van der Waals surface area contributed by atoms with Gasteiger partial charge in [0.1, 0.15) is 0 Å². The summed E-state index contributed by atoms with van der Waals surface area (Å²) >= 11 is 5.99. The van der Waals surface area contributed by atoms with Crippen LogP contribution in [0.5, 0.6) is 11.5 Å². The van der Waals surface area contributed by atoms with Crippen molar-refractivity contribution in [1.82, 2.24) is 5.43 Å². The first-order chi connectivity index (χ1) is 10.7. The SMILES string of the molecule is O=C(Cc1ccc2c(c1)OCO2)N/N=C\c1ccccc1Cl. The summed E-state index contributed by atoms with van der Waals surface area (Å²) in [6.45, 7) is 0.215. The van der Waals surface area contributed by atoms with E-state index in [4.69, 9.17) is 21.1 Å². The summed E-state index contributed by atoms with van der Waals surface area (Å²) < 4.78 is 10.5. The van der Waals surface area contributed by atoms with E-state index in [0.29, 0.717) is 16.5 Å². The van der Waals surface area contributed by atoms with Crippen molar-refractivity contribution in [2.45, 2.75) is 6.42 Å². The number of ether oxygens (including phenoxy) is 2. The molecule has 6 heteroatoms. The predicted molar refractivity (Wildman–Crippen MR) is 83.5 cm³/mol. The maximum absolute atomic E-state index is 11.9. The number of nitrogens with zero attached hydrogens (tertiary/aromatic N) is 1. The molecule has 2 aromatic carbocycles. The van der Waals surface area contributed by atoms with E-state index in [1.54, 1.807) is 18.2 Å². The molecule has 2 aromatic rings. The second-order valence-corrected chi connectivity index (χ2v) is 5.09. The second kappa shape index (κ2) is 6.49. The number of hydrogen-bond donors (Lipinski definition) is 1. The van der Waals surface area contributed by atoms with Crippen LogP contribution in [0.1, 0.15) is 11.1 Å². The summed E-state index contributed by atoms with van der Waals surface area (Å²) in [5.41, 5.74) is 4.05. The summed E-state index contributed by atoms with van der Waals surface area (Å²) in [6, 6.07) is 12.7.